The summed E-state index contributed by atoms with van der Waals surface area (Å²) in [5.41, 5.74) is 3.38. The molecule has 0 atom stereocenters. The smallest absolute Gasteiger partial charge is 0.137 e. The molecule has 0 aromatic carbocycles. The fraction of sp³-hybridized carbons (Fsp3) is 0.500. The summed E-state index contributed by atoms with van der Waals surface area (Å²) in [4.78, 5) is 4.57. The molecule has 0 aliphatic heterocycles. The Bertz CT molecular complexity index is 531. The van der Waals surface area contributed by atoms with Gasteiger partial charge in [-0.2, -0.15) is 11.8 Å². The van der Waals surface area contributed by atoms with Crippen LogP contribution in [-0.4, -0.2) is 26.9 Å². The van der Waals surface area contributed by atoms with Gasteiger partial charge >= 0.3 is 0 Å². The van der Waals surface area contributed by atoms with E-state index in [2.05, 4.69) is 47.9 Å². The van der Waals surface area contributed by atoms with Gasteiger partial charge in [0.15, 0.2) is 0 Å². The van der Waals surface area contributed by atoms with Crippen molar-refractivity contribution in [3.05, 3.63) is 35.8 Å². The van der Waals surface area contributed by atoms with Gasteiger partial charge < -0.3 is 9.72 Å². The van der Waals surface area contributed by atoms with Gasteiger partial charge in [0, 0.05) is 24.0 Å². The molecule has 0 unspecified atom stereocenters. The van der Waals surface area contributed by atoms with E-state index in [9.17, 15) is 0 Å². The van der Waals surface area contributed by atoms with E-state index >= 15 is 0 Å². The van der Waals surface area contributed by atoms with Crippen LogP contribution in [0.5, 0.6) is 0 Å². The molecule has 2 aromatic heterocycles. The zero-order valence-corrected chi connectivity index (χ0v) is 12.3. The number of thioether (sulfide) groups is 1. The predicted molar refractivity (Wildman–Crippen MR) is 79.2 cm³/mol. The number of rotatable bonds is 5. The predicted octanol–water partition coefficient (Wildman–Crippen LogP) is 2.87. The second kappa shape index (κ2) is 5.33. The Morgan fingerprint density at radius 1 is 1.39 bits per heavy atom. The Morgan fingerprint density at radius 3 is 2.89 bits per heavy atom. The van der Waals surface area contributed by atoms with Gasteiger partial charge in [-0.25, -0.2) is 4.98 Å². The minimum atomic E-state index is 0.272. The highest BCUT2D eigenvalue weighted by Gasteiger charge is 2.15. The highest BCUT2D eigenvalue weighted by Crippen LogP contribution is 2.20. The van der Waals surface area contributed by atoms with Crippen LogP contribution in [0, 0.1) is 6.92 Å². The van der Waals surface area contributed by atoms with Crippen LogP contribution in [0.4, 0.5) is 0 Å². The maximum absolute atomic E-state index is 4.57. The molecule has 3 nitrogen and oxygen atoms in total. The SMILES string of the molecule is CSC(C)(C)CNCc1c(C)nc2ccccn12. The van der Waals surface area contributed by atoms with Gasteiger partial charge in [0.1, 0.15) is 5.65 Å². The second-order valence-electron chi connectivity index (χ2n) is 5.14. The molecular formula is C14H21N3S. The molecule has 0 radical (unpaired) electrons. The van der Waals surface area contributed by atoms with Gasteiger partial charge in [-0.1, -0.05) is 6.07 Å². The largest absolute Gasteiger partial charge is 0.310 e. The molecule has 0 amide bonds. The minimum Gasteiger partial charge on any atom is -0.310 e. The van der Waals surface area contributed by atoms with E-state index in [1.807, 2.05) is 30.0 Å². The average Bonchev–Trinajstić information content (AvgIpc) is 2.66. The van der Waals surface area contributed by atoms with Crippen LogP contribution in [0.2, 0.25) is 0 Å². The summed E-state index contributed by atoms with van der Waals surface area (Å²) in [7, 11) is 0. The second-order valence-corrected chi connectivity index (χ2v) is 6.65. The van der Waals surface area contributed by atoms with E-state index in [-0.39, 0.29) is 4.75 Å². The van der Waals surface area contributed by atoms with Gasteiger partial charge in [0.2, 0.25) is 0 Å². The lowest BCUT2D eigenvalue weighted by Crippen LogP contribution is -2.32. The summed E-state index contributed by atoms with van der Waals surface area (Å²) < 4.78 is 2.43. The fourth-order valence-electron chi connectivity index (χ4n) is 1.93. The van der Waals surface area contributed by atoms with Crippen LogP contribution in [0.1, 0.15) is 25.2 Å². The van der Waals surface area contributed by atoms with E-state index < -0.39 is 0 Å². The van der Waals surface area contributed by atoms with Crippen molar-refractivity contribution in [1.29, 1.82) is 0 Å². The molecule has 0 bridgehead atoms. The maximum Gasteiger partial charge on any atom is 0.137 e. The lowest BCUT2D eigenvalue weighted by atomic mass is 10.2. The molecular weight excluding hydrogens is 242 g/mol. The van der Waals surface area contributed by atoms with Crippen molar-refractivity contribution >= 4 is 17.4 Å². The number of hydrogen-bond acceptors (Lipinski definition) is 3. The number of imidazole rings is 1. The summed E-state index contributed by atoms with van der Waals surface area (Å²) in [6, 6.07) is 6.11. The Labute approximate surface area is 113 Å². The molecule has 18 heavy (non-hydrogen) atoms. The number of pyridine rings is 1. The van der Waals surface area contributed by atoms with Crippen LogP contribution >= 0.6 is 11.8 Å². The van der Waals surface area contributed by atoms with Crippen LogP contribution in [0.3, 0.4) is 0 Å². The monoisotopic (exact) mass is 263 g/mol. The first-order chi connectivity index (χ1) is 8.53. The van der Waals surface area contributed by atoms with E-state index in [1.54, 1.807) is 0 Å². The molecule has 0 fully saturated rings. The van der Waals surface area contributed by atoms with Gasteiger partial charge in [-0.05, 0) is 39.2 Å². The van der Waals surface area contributed by atoms with Crippen molar-refractivity contribution in [2.24, 2.45) is 0 Å². The van der Waals surface area contributed by atoms with Crippen molar-refractivity contribution in [2.75, 3.05) is 12.8 Å². The lowest BCUT2D eigenvalue weighted by molar-refractivity contribution is 0.582. The third-order valence-electron chi connectivity index (χ3n) is 3.22. The Kier molecular flexibility index (Phi) is 3.97. The number of nitrogens with one attached hydrogen (secondary N) is 1. The quantitative estimate of drug-likeness (QED) is 0.899. The van der Waals surface area contributed by atoms with E-state index in [0.717, 1.165) is 24.4 Å². The van der Waals surface area contributed by atoms with E-state index in [4.69, 9.17) is 0 Å². The third kappa shape index (κ3) is 2.87. The van der Waals surface area contributed by atoms with E-state index in [0.29, 0.717) is 0 Å². The van der Waals surface area contributed by atoms with Gasteiger partial charge in [-0.15, -0.1) is 0 Å². The highest BCUT2D eigenvalue weighted by atomic mass is 32.2. The first kappa shape index (κ1) is 13.4. The van der Waals surface area contributed by atoms with Crippen LogP contribution in [-0.2, 0) is 6.54 Å². The summed E-state index contributed by atoms with van der Waals surface area (Å²) in [5, 5.41) is 3.53. The van der Waals surface area contributed by atoms with Crippen molar-refractivity contribution in [3.63, 3.8) is 0 Å². The standard InChI is InChI=1S/C14H21N3S/c1-11-12(9-15-10-14(2,3)18-4)17-8-6-5-7-13(17)16-11/h5-8,15H,9-10H2,1-4H3. The zero-order chi connectivity index (χ0) is 13.2. The van der Waals surface area contributed by atoms with Crippen molar-refractivity contribution in [2.45, 2.75) is 32.1 Å². The van der Waals surface area contributed by atoms with Gasteiger partial charge in [-0.3, -0.25) is 0 Å². The number of aromatic nitrogens is 2. The first-order valence-corrected chi connectivity index (χ1v) is 7.44. The molecule has 0 saturated heterocycles. The first-order valence-electron chi connectivity index (χ1n) is 6.22. The number of hydrogen-bond donors (Lipinski definition) is 1. The van der Waals surface area contributed by atoms with Crippen LogP contribution in [0.15, 0.2) is 24.4 Å². The summed E-state index contributed by atoms with van der Waals surface area (Å²) in [6.07, 6.45) is 4.23. The topological polar surface area (TPSA) is 29.3 Å². The molecule has 2 aromatic rings. The van der Waals surface area contributed by atoms with E-state index in [1.165, 1.54) is 5.69 Å². The molecule has 4 heteroatoms. The molecule has 0 aliphatic carbocycles. The Morgan fingerprint density at radius 2 is 2.17 bits per heavy atom. The molecule has 0 saturated carbocycles. The fourth-order valence-corrected chi connectivity index (χ4v) is 2.18. The average molecular weight is 263 g/mol. The Balaban J connectivity index is 2.10. The molecule has 0 spiro atoms. The zero-order valence-electron chi connectivity index (χ0n) is 11.5. The van der Waals surface area contributed by atoms with Gasteiger partial charge in [0.25, 0.3) is 0 Å². The molecule has 98 valence electrons. The summed E-state index contributed by atoms with van der Waals surface area (Å²) in [5.74, 6) is 0. The number of nitrogens with zero attached hydrogens (tertiary/aromatic N) is 2. The van der Waals surface area contributed by atoms with Crippen LogP contribution in [0.25, 0.3) is 5.65 Å². The third-order valence-corrected chi connectivity index (χ3v) is 4.47. The Hall–Kier alpha value is -1.00. The van der Waals surface area contributed by atoms with Crippen molar-refractivity contribution in [3.8, 4) is 0 Å². The lowest BCUT2D eigenvalue weighted by Gasteiger charge is -2.22. The summed E-state index contributed by atoms with van der Waals surface area (Å²) >= 11 is 1.89. The molecule has 2 rings (SSSR count). The van der Waals surface area contributed by atoms with Gasteiger partial charge in [0.05, 0.1) is 11.4 Å². The number of aryl methyl sites for hydroxylation is 1. The maximum atomic E-state index is 4.57. The normalized spacial score (nSPS) is 12.2. The molecule has 1 N–H and O–H groups in total. The minimum absolute atomic E-state index is 0.272. The molecule has 0 aliphatic rings. The highest BCUT2D eigenvalue weighted by molar-refractivity contribution is 7.99. The molecule has 2 heterocycles. The summed E-state index contributed by atoms with van der Waals surface area (Å²) in [6.45, 7) is 8.44. The number of fused-ring (bicyclic) bond motifs is 1. The van der Waals surface area contributed by atoms with Crippen molar-refractivity contribution in [1.82, 2.24) is 14.7 Å². The van der Waals surface area contributed by atoms with Crippen LogP contribution < -0.4 is 5.32 Å². The van der Waals surface area contributed by atoms with Crippen molar-refractivity contribution < 1.29 is 0 Å².